The Morgan fingerprint density at radius 1 is 1.00 bits per heavy atom. The van der Waals surface area contributed by atoms with Gasteiger partial charge in [0.05, 0.1) is 14.2 Å². The molecule has 1 saturated heterocycles. The number of hydrogen-bond acceptors (Lipinski definition) is 5. The topological polar surface area (TPSA) is 56.8 Å². The molecular formula is C20H23NO4. The predicted octanol–water partition coefficient (Wildman–Crippen LogP) is 3.14. The van der Waals surface area contributed by atoms with Gasteiger partial charge >= 0.3 is 5.97 Å². The summed E-state index contributed by atoms with van der Waals surface area (Å²) in [5.41, 5.74) is 0.764. The van der Waals surface area contributed by atoms with Gasteiger partial charge in [-0.3, -0.25) is 0 Å². The maximum Gasteiger partial charge on any atom is 0.342 e. The van der Waals surface area contributed by atoms with Crippen molar-refractivity contribution >= 4 is 5.97 Å². The van der Waals surface area contributed by atoms with E-state index in [1.54, 1.807) is 25.3 Å². The summed E-state index contributed by atoms with van der Waals surface area (Å²) in [4.78, 5) is 13.0. The lowest BCUT2D eigenvalue weighted by Gasteiger charge is -2.37. The Morgan fingerprint density at radius 2 is 1.72 bits per heavy atom. The Bertz CT molecular complexity index is 724. The van der Waals surface area contributed by atoms with Gasteiger partial charge in [0.1, 0.15) is 22.7 Å². The highest BCUT2D eigenvalue weighted by Gasteiger charge is 2.38. The smallest absolute Gasteiger partial charge is 0.342 e. The van der Waals surface area contributed by atoms with E-state index >= 15 is 0 Å². The largest absolute Gasteiger partial charge is 0.497 e. The quantitative estimate of drug-likeness (QED) is 0.847. The van der Waals surface area contributed by atoms with Crippen molar-refractivity contribution in [2.75, 3.05) is 27.3 Å². The Labute approximate surface area is 147 Å². The molecule has 0 saturated carbocycles. The predicted molar refractivity (Wildman–Crippen MR) is 95.2 cm³/mol. The van der Waals surface area contributed by atoms with E-state index in [0.29, 0.717) is 17.1 Å². The van der Waals surface area contributed by atoms with E-state index in [1.807, 2.05) is 30.3 Å². The van der Waals surface area contributed by atoms with E-state index in [-0.39, 0.29) is 0 Å². The molecule has 0 unspecified atom stereocenters. The summed E-state index contributed by atoms with van der Waals surface area (Å²) >= 11 is 0. The minimum Gasteiger partial charge on any atom is -0.497 e. The molecule has 2 aromatic carbocycles. The fraction of sp³-hybridized carbons (Fsp3) is 0.350. The zero-order valence-electron chi connectivity index (χ0n) is 14.6. The van der Waals surface area contributed by atoms with Crippen molar-refractivity contribution in [1.29, 1.82) is 0 Å². The van der Waals surface area contributed by atoms with Crippen LogP contribution in [0.4, 0.5) is 0 Å². The van der Waals surface area contributed by atoms with E-state index in [2.05, 4.69) is 5.32 Å². The van der Waals surface area contributed by atoms with Crippen molar-refractivity contribution < 1.29 is 19.0 Å². The lowest BCUT2D eigenvalue weighted by atomic mass is 9.84. The molecule has 1 aliphatic heterocycles. The summed E-state index contributed by atoms with van der Waals surface area (Å²) in [7, 11) is 3.10. The molecule has 1 aliphatic rings. The number of piperidine rings is 1. The Balaban J connectivity index is 1.94. The van der Waals surface area contributed by atoms with Crippen LogP contribution in [-0.2, 0) is 10.3 Å². The number of hydrogen-bond donors (Lipinski definition) is 1. The third kappa shape index (κ3) is 3.61. The van der Waals surface area contributed by atoms with Gasteiger partial charge in [-0.1, -0.05) is 30.3 Å². The van der Waals surface area contributed by atoms with Crippen molar-refractivity contribution in [1.82, 2.24) is 5.32 Å². The first-order valence-electron chi connectivity index (χ1n) is 8.40. The number of carbonyl (C=O) groups excluding carboxylic acids is 1. The van der Waals surface area contributed by atoms with Crippen LogP contribution in [0, 0.1) is 0 Å². The number of ether oxygens (including phenoxy) is 3. The first kappa shape index (κ1) is 17.3. The SMILES string of the molecule is COc1ccc(OC)c(C(=O)OC2(c3ccccc3)CCNCC2)c1. The van der Waals surface area contributed by atoms with Crippen LogP contribution in [0.1, 0.15) is 28.8 Å². The summed E-state index contributed by atoms with van der Waals surface area (Å²) in [5, 5.41) is 3.33. The van der Waals surface area contributed by atoms with Gasteiger partial charge in [0.2, 0.25) is 0 Å². The molecule has 5 nitrogen and oxygen atoms in total. The highest BCUT2D eigenvalue weighted by Crippen LogP contribution is 2.37. The summed E-state index contributed by atoms with van der Waals surface area (Å²) in [6, 6.07) is 15.1. The minimum atomic E-state index is -0.627. The van der Waals surface area contributed by atoms with Crippen molar-refractivity contribution in [2.45, 2.75) is 18.4 Å². The van der Waals surface area contributed by atoms with Crippen LogP contribution in [0.2, 0.25) is 0 Å². The van der Waals surface area contributed by atoms with Crippen molar-refractivity contribution in [2.24, 2.45) is 0 Å². The van der Waals surface area contributed by atoms with Crippen LogP contribution in [0.3, 0.4) is 0 Å². The van der Waals surface area contributed by atoms with Gasteiger partial charge in [0.15, 0.2) is 0 Å². The van der Waals surface area contributed by atoms with Crippen molar-refractivity contribution in [3.8, 4) is 11.5 Å². The number of esters is 1. The maximum absolute atomic E-state index is 13.0. The van der Waals surface area contributed by atoms with Gasteiger partial charge in [-0.2, -0.15) is 0 Å². The average Bonchev–Trinajstić information content (AvgIpc) is 2.68. The highest BCUT2D eigenvalue weighted by atomic mass is 16.6. The van der Waals surface area contributed by atoms with Crippen LogP contribution in [0.25, 0.3) is 0 Å². The van der Waals surface area contributed by atoms with Gasteiger partial charge < -0.3 is 19.5 Å². The van der Waals surface area contributed by atoms with E-state index in [9.17, 15) is 4.79 Å². The van der Waals surface area contributed by atoms with Crippen LogP contribution >= 0.6 is 0 Å². The summed E-state index contributed by atoms with van der Waals surface area (Å²) in [5.74, 6) is 0.663. The maximum atomic E-state index is 13.0. The minimum absolute atomic E-state index is 0.371. The molecule has 0 radical (unpaired) electrons. The van der Waals surface area contributed by atoms with Crippen LogP contribution < -0.4 is 14.8 Å². The summed E-state index contributed by atoms with van der Waals surface area (Å²) < 4.78 is 16.6. The third-order valence-corrected chi connectivity index (χ3v) is 4.63. The molecule has 5 heteroatoms. The zero-order chi connectivity index (χ0) is 17.7. The first-order valence-corrected chi connectivity index (χ1v) is 8.40. The second kappa shape index (κ2) is 7.57. The second-order valence-corrected chi connectivity index (χ2v) is 6.07. The van der Waals surface area contributed by atoms with Gasteiger partial charge in [-0.15, -0.1) is 0 Å². The van der Waals surface area contributed by atoms with Crippen LogP contribution in [0.5, 0.6) is 11.5 Å². The molecule has 2 aromatic rings. The fourth-order valence-corrected chi connectivity index (χ4v) is 3.23. The van der Waals surface area contributed by atoms with Gasteiger partial charge in [-0.05, 0) is 36.9 Å². The number of rotatable bonds is 5. The number of nitrogens with one attached hydrogen (secondary N) is 1. The van der Waals surface area contributed by atoms with E-state index in [1.165, 1.54) is 7.11 Å². The van der Waals surface area contributed by atoms with Crippen LogP contribution in [0.15, 0.2) is 48.5 Å². The number of carbonyl (C=O) groups is 1. The molecule has 0 aliphatic carbocycles. The number of methoxy groups -OCH3 is 2. The highest BCUT2D eigenvalue weighted by molar-refractivity contribution is 5.93. The molecule has 1 N–H and O–H groups in total. The first-order chi connectivity index (χ1) is 12.2. The van der Waals surface area contributed by atoms with Crippen molar-refractivity contribution in [3.63, 3.8) is 0 Å². The normalized spacial score (nSPS) is 16.1. The molecule has 1 fully saturated rings. The molecule has 132 valence electrons. The second-order valence-electron chi connectivity index (χ2n) is 6.07. The van der Waals surface area contributed by atoms with Gasteiger partial charge in [0, 0.05) is 12.8 Å². The molecular weight excluding hydrogens is 318 g/mol. The molecule has 0 bridgehead atoms. The molecule has 1 heterocycles. The molecule has 3 rings (SSSR count). The Morgan fingerprint density at radius 3 is 2.36 bits per heavy atom. The monoisotopic (exact) mass is 341 g/mol. The summed E-state index contributed by atoms with van der Waals surface area (Å²) in [6.45, 7) is 1.61. The lowest BCUT2D eigenvalue weighted by molar-refractivity contribution is -0.0380. The summed E-state index contributed by atoms with van der Waals surface area (Å²) in [6.07, 6.45) is 1.46. The van der Waals surface area contributed by atoms with E-state index < -0.39 is 11.6 Å². The number of benzene rings is 2. The fourth-order valence-electron chi connectivity index (χ4n) is 3.23. The standard InChI is InChI=1S/C20H23NO4/c1-23-16-8-9-18(24-2)17(14-16)19(22)25-20(10-12-21-13-11-20)15-6-4-3-5-7-15/h3-9,14,21H,10-13H2,1-2H3. The Hall–Kier alpha value is -2.53. The molecule has 0 amide bonds. The van der Waals surface area contributed by atoms with E-state index in [4.69, 9.17) is 14.2 Å². The lowest BCUT2D eigenvalue weighted by Crippen LogP contribution is -2.43. The van der Waals surface area contributed by atoms with Crippen LogP contribution in [-0.4, -0.2) is 33.3 Å². The Kier molecular flexibility index (Phi) is 5.24. The molecule has 0 spiro atoms. The van der Waals surface area contributed by atoms with E-state index in [0.717, 1.165) is 31.5 Å². The van der Waals surface area contributed by atoms with Gasteiger partial charge in [-0.25, -0.2) is 4.79 Å². The molecule has 25 heavy (non-hydrogen) atoms. The third-order valence-electron chi connectivity index (χ3n) is 4.63. The molecule has 0 aromatic heterocycles. The molecule has 0 atom stereocenters. The van der Waals surface area contributed by atoms with Gasteiger partial charge in [0.25, 0.3) is 0 Å². The average molecular weight is 341 g/mol. The van der Waals surface area contributed by atoms with Crippen molar-refractivity contribution in [3.05, 3.63) is 59.7 Å². The zero-order valence-corrected chi connectivity index (χ0v) is 14.6.